The van der Waals surface area contributed by atoms with Gasteiger partial charge in [-0.05, 0) is 12.8 Å². The van der Waals surface area contributed by atoms with Crippen LogP contribution in [0.1, 0.15) is 12.8 Å². The Morgan fingerprint density at radius 1 is 1.59 bits per heavy atom. The Balaban J connectivity index is 2.20. The van der Waals surface area contributed by atoms with E-state index in [0.29, 0.717) is 19.4 Å². The van der Waals surface area contributed by atoms with E-state index in [9.17, 15) is 13.2 Å². The van der Waals surface area contributed by atoms with E-state index < -0.39 is 21.8 Å². The zero-order chi connectivity index (χ0) is 12.5. The third-order valence-corrected chi connectivity index (χ3v) is 4.67. The standard InChI is InChI=1S/C9H14N4O3S/c10-9(14)7-2-1-3-13(5-7)17(15,16)8-4-11-6-12-8/h4,6-7H,1-3,5H2,(H2,10,14)(H,11,12). The highest BCUT2D eigenvalue weighted by Crippen LogP contribution is 2.22. The van der Waals surface area contributed by atoms with Crippen molar-refractivity contribution in [3.8, 4) is 0 Å². The highest BCUT2D eigenvalue weighted by atomic mass is 32.2. The summed E-state index contributed by atoms with van der Waals surface area (Å²) in [6.07, 6.45) is 3.84. The maximum atomic E-state index is 12.1. The molecule has 0 bridgehead atoms. The third kappa shape index (κ3) is 2.32. The van der Waals surface area contributed by atoms with Crippen molar-refractivity contribution in [3.05, 3.63) is 12.5 Å². The molecular formula is C9H14N4O3S. The first-order valence-corrected chi connectivity index (χ1v) is 6.73. The van der Waals surface area contributed by atoms with Gasteiger partial charge in [-0.25, -0.2) is 13.4 Å². The van der Waals surface area contributed by atoms with Crippen LogP contribution >= 0.6 is 0 Å². The lowest BCUT2D eigenvalue weighted by Gasteiger charge is -2.29. The monoisotopic (exact) mass is 258 g/mol. The number of aromatic amines is 1. The van der Waals surface area contributed by atoms with Gasteiger partial charge in [0, 0.05) is 13.1 Å². The van der Waals surface area contributed by atoms with Crippen LogP contribution in [0.3, 0.4) is 0 Å². The molecule has 1 fully saturated rings. The number of rotatable bonds is 3. The van der Waals surface area contributed by atoms with Crippen LogP contribution in [0.5, 0.6) is 0 Å². The molecule has 1 amide bonds. The number of nitrogens with zero attached hydrogens (tertiary/aromatic N) is 2. The SMILES string of the molecule is NC(=O)C1CCCN(S(=O)(=O)c2cnc[nH]2)C1. The van der Waals surface area contributed by atoms with Crippen molar-refractivity contribution < 1.29 is 13.2 Å². The summed E-state index contributed by atoms with van der Waals surface area (Å²) < 4.78 is 25.5. The van der Waals surface area contributed by atoms with Gasteiger partial charge in [-0.1, -0.05) is 0 Å². The number of piperidine rings is 1. The molecule has 0 radical (unpaired) electrons. The van der Waals surface area contributed by atoms with Gasteiger partial charge >= 0.3 is 0 Å². The van der Waals surface area contributed by atoms with Gasteiger partial charge in [-0.2, -0.15) is 4.31 Å². The van der Waals surface area contributed by atoms with E-state index in [1.165, 1.54) is 16.8 Å². The molecule has 0 saturated carbocycles. The molecule has 2 heterocycles. The zero-order valence-electron chi connectivity index (χ0n) is 9.17. The molecule has 1 atom stereocenters. The highest BCUT2D eigenvalue weighted by Gasteiger charge is 2.32. The number of carbonyl (C=O) groups excluding carboxylic acids is 1. The van der Waals surface area contributed by atoms with E-state index in [2.05, 4.69) is 9.97 Å². The molecule has 1 aliphatic rings. The minimum atomic E-state index is -3.58. The Hall–Kier alpha value is -1.41. The number of sulfonamides is 1. The maximum absolute atomic E-state index is 12.1. The molecule has 94 valence electrons. The van der Waals surface area contributed by atoms with E-state index in [1.54, 1.807) is 0 Å². The van der Waals surface area contributed by atoms with Crippen LogP contribution in [0.4, 0.5) is 0 Å². The number of hydrogen-bond donors (Lipinski definition) is 2. The summed E-state index contributed by atoms with van der Waals surface area (Å²) in [4.78, 5) is 17.3. The van der Waals surface area contributed by atoms with Crippen molar-refractivity contribution >= 4 is 15.9 Å². The molecule has 3 N–H and O–H groups in total. The number of aromatic nitrogens is 2. The van der Waals surface area contributed by atoms with Gasteiger partial charge < -0.3 is 10.7 Å². The molecule has 17 heavy (non-hydrogen) atoms. The predicted molar refractivity (Wildman–Crippen MR) is 59.3 cm³/mol. The van der Waals surface area contributed by atoms with Gasteiger partial charge in [-0.3, -0.25) is 4.79 Å². The Morgan fingerprint density at radius 3 is 2.94 bits per heavy atom. The quantitative estimate of drug-likeness (QED) is 0.746. The van der Waals surface area contributed by atoms with Crippen LogP contribution in [-0.2, 0) is 14.8 Å². The Morgan fingerprint density at radius 2 is 2.35 bits per heavy atom. The van der Waals surface area contributed by atoms with E-state index >= 15 is 0 Å². The number of hydrogen-bond acceptors (Lipinski definition) is 4. The number of amides is 1. The van der Waals surface area contributed by atoms with Gasteiger partial charge in [0.1, 0.15) is 0 Å². The lowest BCUT2D eigenvalue weighted by Crippen LogP contribution is -2.44. The van der Waals surface area contributed by atoms with Crippen molar-refractivity contribution in [2.45, 2.75) is 17.9 Å². The highest BCUT2D eigenvalue weighted by molar-refractivity contribution is 7.89. The topological polar surface area (TPSA) is 109 Å². The van der Waals surface area contributed by atoms with Gasteiger partial charge in [-0.15, -0.1) is 0 Å². The van der Waals surface area contributed by atoms with Gasteiger partial charge in [0.15, 0.2) is 5.03 Å². The first-order valence-electron chi connectivity index (χ1n) is 5.29. The van der Waals surface area contributed by atoms with Crippen LogP contribution in [-0.4, -0.2) is 41.7 Å². The minimum Gasteiger partial charge on any atom is -0.369 e. The Bertz CT molecular complexity index is 496. The zero-order valence-corrected chi connectivity index (χ0v) is 9.98. The van der Waals surface area contributed by atoms with Crippen molar-refractivity contribution in [3.63, 3.8) is 0 Å². The predicted octanol–water partition coefficient (Wildman–Crippen LogP) is -0.704. The molecule has 8 heteroatoms. The number of imidazole rings is 1. The molecule has 1 saturated heterocycles. The van der Waals surface area contributed by atoms with Crippen LogP contribution in [0.25, 0.3) is 0 Å². The summed E-state index contributed by atoms with van der Waals surface area (Å²) in [5.41, 5.74) is 5.21. The van der Waals surface area contributed by atoms with Gasteiger partial charge in [0.05, 0.1) is 18.4 Å². The number of H-pyrrole nitrogens is 1. The largest absolute Gasteiger partial charge is 0.369 e. The van der Waals surface area contributed by atoms with E-state index in [0.717, 1.165) is 0 Å². The summed E-state index contributed by atoms with van der Waals surface area (Å²) in [5, 5.41) is 0.0441. The second-order valence-electron chi connectivity index (χ2n) is 4.02. The number of carbonyl (C=O) groups is 1. The van der Waals surface area contributed by atoms with E-state index in [-0.39, 0.29) is 11.6 Å². The fourth-order valence-corrected chi connectivity index (χ4v) is 3.34. The van der Waals surface area contributed by atoms with Gasteiger partial charge in [0.2, 0.25) is 5.91 Å². The Kier molecular flexibility index (Phi) is 3.16. The summed E-state index contributed by atoms with van der Waals surface area (Å²) in [6.45, 7) is 0.557. The summed E-state index contributed by atoms with van der Waals surface area (Å²) >= 11 is 0. The average molecular weight is 258 g/mol. The summed E-state index contributed by atoms with van der Waals surface area (Å²) in [5.74, 6) is -0.851. The molecule has 0 aromatic carbocycles. The molecule has 0 spiro atoms. The van der Waals surface area contributed by atoms with E-state index in [4.69, 9.17) is 5.73 Å². The molecule has 7 nitrogen and oxygen atoms in total. The second-order valence-corrected chi connectivity index (χ2v) is 5.93. The fraction of sp³-hybridized carbons (Fsp3) is 0.556. The fourth-order valence-electron chi connectivity index (χ4n) is 1.92. The first-order chi connectivity index (χ1) is 8.01. The number of primary amides is 1. The van der Waals surface area contributed by atoms with Crippen LogP contribution in [0, 0.1) is 5.92 Å². The van der Waals surface area contributed by atoms with Crippen LogP contribution < -0.4 is 5.73 Å². The van der Waals surface area contributed by atoms with Crippen LogP contribution in [0.2, 0.25) is 0 Å². The molecule has 1 aliphatic heterocycles. The normalized spacial score (nSPS) is 22.5. The summed E-state index contributed by atoms with van der Waals surface area (Å²) in [6, 6.07) is 0. The molecule has 0 aliphatic carbocycles. The van der Waals surface area contributed by atoms with Crippen molar-refractivity contribution in [1.82, 2.24) is 14.3 Å². The van der Waals surface area contributed by atoms with E-state index in [1.807, 2.05) is 0 Å². The van der Waals surface area contributed by atoms with Gasteiger partial charge in [0.25, 0.3) is 10.0 Å². The molecule has 1 aromatic rings. The number of nitrogens with one attached hydrogen (secondary N) is 1. The average Bonchev–Trinajstić information content (AvgIpc) is 2.83. The van der Waals surface area contributed by atoms with Crippen molar-refractivity contribution in [2.75, 3.05) is 13.1 Å². The minimum absolute atomic E-state index is 0.0441. The lowest BCUT2D eigenvalue weighted by atomic mass is 9.99. The summed E-state index contributed by atoms with van der Waals surface area (Å²) in [7, 11) is -3.58. The molecular weight excluding hydrogens is 244 g/mol. The Labute approximate surface area is 99.1 Å². The molecule has 1 aromatic heterocycles. The maximum Gasteiger partial charge on any atom is 0.260 e. The van der Waals surface area contributed by atoms with Crippen molar-refractivity contribution in [2.24, 2.45) is 11.7 Å². The third-order valence-electron chi connectivity index (χ3n) is 2.88. The number of nitrogens with two attached hydrogens (primary N) is 1. The second kappa shape index (κ2) is 4.46. The smallest absolute Gasteiger partial charge is 0.260 e. The molecule has 2 rings (SSSR count). The lowest BCUT2D eigenvalue weighted by molar-refractivity contribution is -0.122. The first kappa shape index (κ1) is 12.1. The van der Waals surface area contributed by atoms with Crippen LogP contribution in [0.15, 0.2) is 17.6 Å². The molecule has 1 unspecified atom stereocenters. The van der Waals surface area contributed by atoms with Crippen molar-refractivity contribution in [1.29, 1.82) is 0 Å².